The van der Waals surface area contributed by atoms with Crippen LogP contribution in [-0.4, -0.2) is 47.3 Å². The molecule has 1 fully saturated rings. The Morgan fingerprint density at radius 2 is 1.92 bits per heavy atom. The van der Waals surface area contributed by atoms with Crippen molar-refractivity contribution in [2.24, 2.45) is 0 Å². The van der Waals surface area contributed by atoms with Crippen LogP contribution in [0.4, 0.5) is 8.78 Å². The van der Waals surface area contributed by atoms with Gasteiger partial charge in [0.05, 0.1) is 13.7 Å². The lowest BCUT2D eigenvalue weighted by atomic mass is 10.1. The molecule has 132 valence electrons. The number of rotatable bonds is 4. The van der Waals surface area contributed by atoms with Crippen LogP contribution in [0.15, 0.2) is 30.3 Å². The Labute approximate surface area is 143 Å². The first kappa shape index (κ1) is 17.1. The largest absolute Gasteiger partial charge is 0.480 e. The predicted octanol–water partition coefficient (Wildman–Crippen LogP) is 2.45. The van der Waals surface area contributed by atoms with Gasteiger partial charge in [-0.3, -0.25) is 4.79 Å². The Hall–Kier alpha value is -2.77. The maximum absolute atomic E-state index is 13.3. The molecule has 0 spiro atoms. The van der Waals surface area contributed by atoms with Crippen LogP contribution >= 0.6 is 0 Å². The minimum absolute atomic E-state index is 0.115. The first-order valence-corrected chi connectivity index (χ1v) is 7.85. The van der Waals surface area contributed by atoms with Crippen LogP contribution in [0, 0.1) is 11.6 Å². The standard InChI is InChI=1S/C17H17F2N3O3/c1-24-15-6-7-16(21-20-15)25-12-3-2-8-22(10-12)17(23)11-4-5-13(18)14(19)9-11/h4-7,9,12H,2-3,8,10H2,1H3. The fourth-order valence-corrected chi connectivity index (χ4v) is 2.68. The molecule has 1 saturated heterocycles. The Bertz CT molecular complexity index is 755. The first-order valence-electron chi connectivity index (χ1n) is 7.85. The van der Waals surface area contributed by atoms with Gasteiger partial charge < -0.3 is 14.4 Å². The lowest BCUT2D eigenvalue weighted by Crippen LogP contribution is -2.44. The van der Waals surface area contributed by atoms with Crippen molar-refractivity contribution < 1.29 is 23.0 Å². The van der Waals surface area contributed by atoms with E-state index in [1.165, 1.54) is 13.2 Å². The van der Waals surface area contributed by atoms with Gasteiger partial charge in [-0.1, -0.05) is 0 Å². The lowest BCUT2D eigenvalue weighted by Gasteiger charge is -2.32. The normalized spacial score (nSPS) is 17.2. The molecular formula is C17H17F2N3O3. The van der Waals surface area contributed by atoms with E-state index in [9.17, 15) is 13.6 Å². The highest BCUT2D eigenvalue weighted by atomic mass is 19.2. The van der Waals surface area contributed by atoms with E-state index in [2.05, 4.69) is 10.2 Å². The van der Waals surface area contributed by atoms with E-state index in [-0.39, 0.29) is 17.6 Å². The van der Waals surface area contributed by atoms with Gasteiger partial charge >= 0.3 is 0 Å². The number of hydrogen-bond donors (Lipinski definition) is 0. The second-order valence-electron chi connectivity index (χ2n) is 5.68. The van der Waals surface area contributed by atoms with Crippen molar-refractivity contribution in [2.45, 2.75) is 18.9 Å². The number of carbonyl (C=O) groups excluding carboxylic acids is 1. The summed E-state index contributed by atoms with van der Waals surface area (Å²) in [5.41, 5.74) is 0.115. The highest BCUT2D eigenvalue weighted by Gasteiger charge is 2.26. The highest BCUT2D eigenvalue weighted by Crippen LogP contribution is 2.20. The van der Waals surface area contributed by atoms with Gasteiger partial charge in [-0.2, -0.15) is 0 Å². The van der Waals surface area contributed by atoms with Crippen molar-refractivity contribution in [3.05, 3.63) is 47.5 Å². The molecule has 3 rings (SSSR count). The summed E-state index contributed by atoms with van der Waals surface area (Å²) < 4.78 is 37.1. The van der Waals surface area contributed by atoms with Crippen LogP contribution in [0.5, 0.6) is 11.8 Å². The third-order valence-corrected chi connectivity index (χ3v) is 3.94. The van der Waals surface area contributed by atoms with E-state index < -0.39 is 11.6 Å². The third-order valence-electron chi connectivity index (χ3n) is 3.94. The molecule has 0 N–H and O–H groups in total. The average Bonchev–Trinajstić information content (AvgIpc) is 2.64. The van der Waals surface area contributed by atoms with Crippen LogP contribution < -0.4 is 9.47 Å². The topological polar surface area (TPSA) is 64.6 Å². The third kappa shape index (κ3) is 4.01. The summed E-state index contributed by atoms with van der Waals surface area (Å²) >= 11 is 0. The van der Waals surface area contributed by atoms with E-state index in [1.54, 1.807) is 17.0 Å². The molecule has 6 nitrogen and oxygen atoms in total. The van der Waals surface area contributed by atoms with E-state index in [1.807, 2.05) is 0 Å². The summed E-state index contributed by atoms with van der Waals surface area (Å²) in [6.45, 7) is 0.873. The van der Waals surface area contributed by atoms with Gasteiger partial charge in [-0.15, -0.1) is 10.2 Å². The van der Waals surface area contributed by atoms with E-state index >= 15 is 0 Å². The molecule has 0 saturated carbocycles. The summed E-state index contributed by atoms with van der Waals surface area (Å²) in [5, 5.41) is 7.73. The molecule has 2 heterocycles. The molecular weight excluding hydrogens is 332 g/mol. The molecule has 1 atom stereocenters. The number of nitrogens with zero attached hydrogens (tertiary/aromatic N) is 3. The zero-order valence-corrected chi connectivity index (χ0v) is 13.6. The second-order valence-corrected chi connectivity index (χ2v) is 5.68. The Morgan fingerprint density at radius 1 is 1.16 bits per heavy atom. The summed E-state index contributed by atoms with van der Waals surface area (Å²) in [6.07, 6.45) is 1.25. The fourth-order valence-electron chi connectivity index (χ4n) is 2.68. The molecule has 0 bridgehead atoms. The zero-order valence-electron chi connectivity index (χ0n) is 13.6. The quantitative estimate of drug-likeness (QED) is 0.848. The van der Waals surface area contributed by atoms with Crippen LogP contribution in [0.1, 0.15) is 23.2 Å². The number of piperidine rings is 1. The number of amides is 1. The van der Waals surface area contributed by atoms with E-state index in [0.29, 0.717) is 24.8 Å². The van der Waals surface area contributed by atoms with Crippen molar-refractivity contribution in [3.8, 4) is 11.8 Å². The van der Waals surface area contributed by atoms with Crippen molar-refractivity contribution in [1.29, 1.82) is 0 Å². The molecule has 1 aliphatic heterocycles. The Balaban J connectivity index is 1.65. The minimum Gasteiger partial charge on any atom is -0.480 e. The molecule has 1 unspecified atom stereocenters. The maximum atomic E-state index is 13.3. The van der Waals surface area contributed by atoms with Crippen molar-refractivity contribution in [1.82, 2.24) is 15.1 Å². The van der Waals surface area contributed by atoms with Gasteiger partial charge in [-0.05, 0) is 31.0 Å². The number of benzene rings is 1. The van der Waals surface area contributed by atoms with E-state index in [0.717, 1.165) is 25.0 Å². The molecule has 1 aromatic heterocycles. The van der Waals surface area contributed by atoms with Gasteiger partial charge in [0, 0.05) is 24.2 Å². The number of likely N-dealkylation sites (tertiary alicyclic amines) is 1. The van der Waals surface area contributed by atoms with Gasteiger partial charge in [0.2, 0.25) is 11.8 Å². The summed E-state index contributed by atoms with van der Waals surface area (Å²) in [5.74, 6) is -1.65. The highest BCUT2D eigenvalue weighted by molar-refractivity contribution is 5.94. The zero-order chi connectivity index (χ0) is 17.8. The number of halogens is 2. The van der Waals surface area contributed by atoms with E-state index in [4.69, 9.17) is 9.47 Å². The Kier molecular flexibility index (Phi) is 5.06. The molecule has 0 aliphatic carbocycles. The van der Waals surface area contributed by atoms with Gasteiger partial charge in [0.25, 0.3) is 5.91 Å². The lowest BCUT2D eigenvalue weighted by molar-refractivity contribution is 0.0524. The summed E-state index contributed by atoms with van der Waals surface area (Å²) in [6, 6.07) is 6.42. The maximum Gasteiger partial charge on any atom is 0.254 e. The van der Waals surface area contributed by atoms with Gasteiger partial charge in [-0.25, -0.2) is 8.78 Å². The molecule has 1 amide bonds. The molecule has 0 radical (unpaired) electrons. The smallest absolute Gasteiger partial charge is 0.254 e. The number of hydrogen-bond acceptors (Lipinski definition) is 5. The molecule has 1 aliphatic rings. The van der Waals surface area contributed by atoms with Crippen LogP contribution in [0.3, 0.4) is 0 Å². The molecule has 8 heteroatoms. The van der Waals surface area contributed by atoms with Crippen LogP contribution in [-0.2, 0) is 0 Å². The second kappa shape index (κ2) is 7.42. The number of methoxy groups -OCH3 is 1. The van der Waals surface area contributed by atoms with Crippen molar-refractivity contribution >= 4 is 5.91 Å². The number of ether oxygens (including phenoxy) is 2. The summed E-state index contributed by atoms with van der Waals surface area (Å²) in [4.78, 5) is 14.0. The predicted molar refractivity (Wildman–Crippen MR) is 84.5 cm³/mol. The monoisotopic (exact) mass is 349 g/mol. The number of aromatic nitrogens is 2. The average molecular weight is 349 g/mol. The van der Waals surface area contributed by atoms with Crippen molar-refractivity contribution in [3.63, 3.8) is 0 Å². The van der Waals surface area contributed by atoms with Gasteiger partial charge in [0.15, 0.2) is 11.6 Å². The summed E-state index contributed by atoms with van der Waals surface area (Å²) in [7, 11) is 1.49. The molecule has 1 aromatic carbocycles. The van der Waals surface area contributed by atoms with Crippen LogP contribution in [0.25, 0.3) is 0 Å². The SMILES string of the molecule is COc1ccc(OC2CCCN(C(=O)c3ccc(F)c(F)c3)C2)nn1. The first-order chi connectivity index (χ1) is 12.1. The van der Waals surface area contributed by atoms with Gasteiger partial charge in [0.1, 0.15) is 6.10 Å². The van der Waals surface area contributed by atoms with Crippen molar-refractivity contribution in [2.75, 3.05) is 20.2 Å². The number of carbonyl (C=O) groups is 1. The Morgan fingerprint density at radius 3 is 2.60 bits per heavy atom. The minimum atomic E-state index is -1.04. The fraction of sp³-hybridized carbons (Fsp3) is 0.353. The molecule has 2 aromatic rings. The molecule has 25 heavy (non-hydrogen) atoms. The van der Waals surface area contributed by atoms with Crippen LogP contribution in [0.2, 0.25) is 0 Å².